The highest BCUT2D eigenvalue weighted by Crippen LogP contribution is 2.14. The smallest absolute Gasteiger partial charge is 0.241 e. The molecule has 0 fully saturated rings. The Kier molecular flexibility index (Phi) is 5.05. The van der Waals surface area contributed by atoms with Gasteiger partial charge in [0.2, 0.25) is 11.8 Å². The van der Waals surface area contributed by atoms with Gasteiger partial charge in [0.05, 0.1) is 11.8 Å². The number of hydrazone groups is 1. The van der Waals surface area contributed by atoms with Crippen LogP contribution < -0.4 is 16.5 Å². The monoisotopic (exact) mass is 288 g/mol. The van der Waals surface area contributed by atoms with Crippen LogP contribution in [0, 0.1) is 0 Å². The molecule has 2 rings (SSSR count). The quantitative estimate of drug-likeness (QED) is 0.763. The van der Waals surface area contributed by atoms with Crippen LogP contribution in [0.15, 0.2) is 29.4 Å². The van der Waals surface area contributed by atoms with Crippen molar-refractivity contribution in [3.63, 3.8) is 0 Å². The van der Waals surface area contributed by atoms with E-state index in [1.165, 1.54) is 0 Å². The first-order valence-electron chi connectivity index (χ1n) is 7.12. The predicted octanol–water partition coefficient (Wildman–Crippen LogP) is 1.37. The summed E-state index contributed by atoms with van der Waals surface area (Å²) in [5.41, 5.74) is 10.7. The Hall–Kier alpha value is -2.21. The molecular weight excluding hydrogens is 268 g/mol. The number of nitrogens with one attached hydrogen (secondary N) is 2. The van der Waals surface area contributed by atoms with E-state index in [1.807, 2.05) is 31.2 Å². The molecule has 6 nitrogen and oxygen atoms in total. The molecule has 2 amide bonds. The van der Waals surface area contributed by atoms with Crippen molar-refractivity contribution in [1.29, 1.82) is 0 Å². The standard InChI is InChI=1S/C15H20N4O2/c1-2-3-12(16)15(21)17-11-6-4-10(5-7-11)13-8-9-14(20)19-18-13/h4-7,12H,2-3,8-9,16H2,1H3,(H,17,21)(H,19,20). The number of carbonyl (C=O) groups is 2. The number of carbonyl (C=O) groups excluding carboxylic acids is 2. The van der Waals surface area contributed by atoms with Gasteiger partial charge in [-0.1, -0.05) is 25.5 Å². The Morgan fingerprint density at radius 3 is 2.67 bits per heavy atom. The maximum atomic E-state index is 11.8. The van der Waals surface area contributed by atoms with Gasteiger partial charge in [-0.05, 0) is 24.1 Å². The molecule has 0 aromatic heterocycles. The lowest BCUT2D eigenvalue weighted by molar-refractivity contribution is -0.121. The predicted molar refractivity (Wildman–Crippen MR) is 81.9 cm³/mol. The first-order chi connectivity index (χ1) is 10.1. The number of nitrogens with two attached hydrogens (primary N) is 1. The largest absolute Gasteiger partial charge is 0.325 e. The Morgan fingerprint density at radius 2 is 2.10 bits per heavy atom. The van der Waals surface area contributed by atoms with Crippen molar-refractivity contribution >= 4 is 23.2 Å². The molecule has 4 N–H and O–H groups in total. The lowest BCUT2D eigenvalue weighted by atomic mass is 10.0. The SMILES string of the molecule is CCCC(N)C(=O)Nc1ccc(C2=NNC(=O)CC2)cc1. The fourth-order valence-electron chi connectivity index (χ4n) is 2.11. The minimum absolute atomic E-state index is 0.0625. The Labute approximate surface area is 123 Å². The van der Waals surface area contributed by atoms with Gasteiger partial charge in [-0.15, -0.1) is 0 Å². The molecule has 21 heavy (non-hydrogen) atoms. The van der Waals surface area contributed by atoms with Crippen molar-refractivity contribution < 1.29 is 9.59 Å². The van der Waals surface area contributed by atoms with E-state index >= 15 is 0 Å². The highest BCUT2D eigenvalue weighted by molar-refractivity contribution is 6.04. The average molecular weight is 288 g/mol. The lowest BCUT2D eigenvalue weighted by Crippen LogP contribution is -2.35. The summed E-state index contributed by atoms with van der Waals surface area (Å²) in [6, 6.07) is 6.89. The number of benzene rings is 1. The van der Waals surface area contributed by atoms with Gasteiger partial charge in [0.25, 0.3) is 0 Å². The minimum atomic E-state index is -0.479. The second-order valence-corrected chi connectivity index (χ2v) is 5.06. The number of hydrogen-bond donors (Lipinski definition) is 3. The zero-order valence-electron chi connectivity index (χ0n) is 12.1. The Bertz CT molecular complexity index is 551. The van der Waals surface area contributed by atoms with Crippen molar-refractivity contribution in [2.75, 3.05) is 5.32 Å². The third-order valence-corrected chi connectivity index (χ3v) is 3.33. The van der Waals surface area contributed by atoms with E-state index < -0.39 is 6.04 Å². The molecule has 0 aliphatic carbocycles. The van der Waals surface area contributed by atoms with Gasteiger partial charge in [-0.3, -0.25) is 9.59 Å². The summed E-state index contributed by atoms with van der Waals surface area (Å²) in [5.74, 6) is -0.237. The van der Waals surface area contributed by atoms with Crippen LogP contribution in [0.3, 0.4) is 0 Å². The summed E-state index contributed by atoms with van der Waals surface area (Å²) in [6.45, 7) is 1.99. The van der Waals surface area contributed by atoms with Crippen molar-refractivity contribution in [1.82, 2.24) is 5.43 Å². The fraction of sp³-hybridized carbons (Fsp3) is 0.400. The maximum absolute atomic E-state index is 11.8. The molecule has 0 saturated heterocycles. The van der Waals surface area contributed by atoms with Crippen LogP contribution in [0.2, 0.25) is 0 Å². The van der Waals surface area contributed by atoms with Gasteiger partial charge in [-0.2, -0.15) is 5.10 Å². The van der Waals surface area contributed by atoms with Crippen LogP contribution >= 0.6 is 0 Å². The third-order valence-electron chi connectivity index (χ3n) is 3.33. The number of rotatable bonds is 5. The van der Waals surface area contributed by atoms with E-state index in [1.54, 1.807) is 0 Å². The summed E-state index contributed by atoms with van der Waals surface area (Å²) in [7, 11) is 0. The summed E-state index contributed by atoms with van der Waals surface area (Å²) in [4.78, 5) is 22.9. The Morgan fingerprint density at radius 1 is 1.38 bits per heavy atom. The van der Waals surface area contributed by atoms with Crippen molar-refractivity contribution in [3.8, 4) is 0 Å². The second kappa shape index (κ2) is 6.99. The number of anilines is 1. The highest BCUT2D eigenvalue weighted by Gasteiger charge is 2.14. The minimum Gasteiger partial charge on any atom is -0.325 e. The van der Waals surface area contributed by atoms with E-state index in [4.69, 9.17) is 5.73 Å². The summed E-state index contributed by atoms with van der Waals surface area (Å²) < 4.78 is 0. The molecule has 1 unspecified atom stereocenters. The molecule has 0 spiro atoms. The number of amides is 2. The first kappa shape index (κ1) is 15.2. The van der Waals surface area contributed by atoms with Crippen molar-refractivity contribution in [3.05, 3.63) is 29.8 Å². The van der Waals surface area contributed by atoms with Gasteiger partial charge in [0, 0.05) is 18.5 Å². The van der Waals surface area contributed by atoms with E-state index in [-0.39, 0.29) is 11.8 Å². The summed E-state index contributed by atoms with van der Waals surface area (Å²) in [5, 5.41) is 6.82. The molecule has 0 bridgehead atoms. The van der Waals surface area contributed by atoms with E-state index in [0.717, 1.165) is 17.7 Å². The average Bonchev–Trinajstić information content (AvgIpc) is 2.49. The lowest BCUT2D eigenvalue weighted by Gasteiger charge is -2.14. The van der Waals surface area contributed by atoms with Crippen LogP contribution in [0.5, 0.6) is 0 Å². The van der Waals surface area contributed by atoms with Crippen LogP contribution in [0.4, 0.5) is 5.69 Å². The van der Waals surface area contributed by atoms with Crippen molar-refractivity contribution in [2.24, 2.45) is 10.8 Å². The zero-order valence-corrected chi connectivity index (χ0v) is 12.1. The Balaban J connectivity index is 1.99. The topological polar surface area (TPSA) is 96.6 Å². The van der Waals surface area contributed by atoms with Gasteiger partial charge in [-0.25, -0.2) is 5.43 Å². The number of nitrogens with zero attached hydrogens (tertiary/aromatic N) is 1. The molecule has 1 aliphatic heterocycles. The molecule has 1 atom stereocenters. The maximum Gasteiger partial charge on any atom is 0.241 e. The second-order valence-electron chi connectivity index (χ2n) is 5.06. The van der Waals surface area contributed by atoms with E-state index in [0.29, 0.717) is 24.9 Å². The summed E-state index contributed by atoms with van der Waals surface area (Å²) in [6.07, 6.45) is 2.61. The highest BCUT2D eigenvalue weighted by atomic mass is 16.2. The molecular formula is C15H20N4O2. The molecule has 0 saturated carbocycles. The molecule has 112 valence electrons. The number of hydrogen-bond acceptors (Lipinski definition) is 4. The fourth-order valence-corrected chi connectivity index (χ4v) is 2.11. The van der Waals surface area contributed by atoms with Gasteiger partial charge >= 0.3 is 0 Å². The van der Waals surface area contributed by atoms with Gasteiger partial charge < -0.3 is 11.1 Å². The van der Waals surface area contributed by atoms with E-state index in [9.17, 15) is 9.59 Å². The molecule has 1 aromatic rings. The molecule has 6 heteroatoms. The van der Waals surface area contributed by atoms with Crippen LogP contribution in [0.1, 0.15) is 38.2 Å². The first-order valence-corrected chi connectivity index (χ1v) is 7.12. The zero-order chi connectivity index (χ0) is 15.2. The third kappa shape index (κ3) is 4.13. The van der Waals surface area contributed by atoms with Crippen molar-refractivity contribution in [2.45, 2.75) is 38.6 Å². The molecule has 0 radical (unpaired) electrons. The normalized spacial score (nSPS) is 15.9. The van der Waals surface area contributed by atoms with Gasteiger partial charge in [0.1, 0.15) is 0 Å². The van der Waals surface area contributed by atoms with Crippen LogP contribution in [-0.2, 0) is 9.59 Å². The molecule has 1 aliphatic rings. The van der Waals surface area contributed by atoms with Crippen LogP contribution in [0.25, 0.3) is 0 Å². The van der Waals surface area contributed by atoms with E-state index in [2.05, 4.69) is 15.8 Å². The molecule has 1 aromatic carbocycles. The molecule has 1 heterocycles. The summed E-state index contributed by atoms with van der Waals surface area (Å²) >= 11 is 0. The van der Waals surface area contributed by atoms with Gasteiger partial charge in [0.15, 0.2) is 0 Å². The van der Waals surface area contributed by atoms with Crippen LogP contribution in [-0.4, -0.2) is 23.6 Å².